The number of hydrogen-bond acceptors (Lipinski definition) is 6. The zero-order chi connectivity index (χ0) is 19.0. The van der Waals surface area contributed by atoms with Crippen molar-refractivity contribution in [2.75, 3.05) is 14.2 Å². The van der Waals surface area contributed by atoms with E-state index in [1.807, 2.05) is 36.4 Å². The van der Waals surface area contributed by atoms with Crippen LogP contribution in [0.3, 0.4) is 0 Å². The topological polar surface area (TPSA) is 94.4 Å². The average molecular weight is 361 g/mol. The molecule has 0 aliphatic carbocycles. The second kappa shape index (κ2) is 6.46. The van der Waals surface area contributed by atoms with E-state index in [9.17, 15) is 10.1 Å². The van der Waals surface area contributed by atoms with Crippen LogP contribution in [0.4, 0.5) is 0 Å². The van der Waals surface area contributed by atoms with Crippen molar-refractivity contribution >= 4 is 16.6 Å². The number of methoxy groups -OCH3 is 2. The van der Waals surface area contributed by atoms with Crippen molar-refractivity contribution < 1.29 is 9.47 Å². The Morgan fingerprint density at radius 2 is 1.81 bits per heavy atom. The quantitative estimate of drug-likeness (QED) is 0.553. The Hall–Kier alpha value is -3.86. The van der Waals surface area contributed by atoms with E-state index in [1.54, 1.807) is 12.1 Å². The van der Waals surface area contributed by atoms with Gasteiger partial charge in [0.05, 0.1) is 25.8 Å². The molecule has 8 heteroatoms. The van der Waals surface area contributed by atoms with Gasteiger partial charge in [0.25, 0.3) is 0 Å². The Balaban J connectivity index is 2.14. The minimum absolute atomic E-state index is 0.124. The molecule has 0 fully saturated rings. The Morgan fingerprint density at radius 1 is 1.11 bits per heavy atom. The highest BCUT2D eigenvalue weighted by molar-refractivity contribution is 5.94. The molecular formula is C19H15N5O3. The van der Waals surface area contributed by atoms with Crippen LogP contribution in [-0.2, 0) is 6.54 Å². The van der Waals surface area contributed by atoms with Crippen molar-refractivity contribution in [3.05, 3.63) is 52.9 Å². The summed E-state index contributed by atoms with van der Waals surface area (Å²) in [6.07, 6.45) is 0. The Labute approximate surface area is 153 Å². The first-order valence-electron chi connectivity index (χ1n) is 8.15. The molecule has 2 aromatic heterocycles. The van der Waals surface area contributed by atoms with Crippen LogP contribution >= 0.6 is 0 Å². The Bertz CT molecular complexity index is 1250. The normalized spacial score (nSPS) is 10.9. The van der Waals surface area contributed by atoms with Crippen LogP contribution in [0.5, 0.6) is 11.5 Å². The monoisotopic (exact) mass is 361 g/mol. The Morgan fingerprint density at radius 3 is 2.48 bits per heavy atom. The number of rotatable bonds is 4. The van der Waals surface area contributed by atoms with Crippen LogP contribution in [0.1, 0.15) is 0 Å². The molecule has 0 aliphatic rings. The molecule has 134 valence electrons. The molecule has 4 rings (SSSR count). The molecule has 2 heterocycles. The largest absolute Gasteiger partial charge is 0.493 e. The van der Waals surface area contributed by atoms with E-state index >= 15 is 0 Å². The van der Waals surface area contributed by atoms with Crippen molar-refractivity contribution in [2.45, 2.75) is 6.54 Å². The van der Waals surface area contributed by atoms with Gasteiger partial charge < -0.3 is 9.47 Å². The zero-order valence-corrected chi connectivity index (χ0v) is 14.7. The van der Waals surface area contributed by atoms with E-state index in [0.29, 0.717) is 33.9 Å². The standard InChI is InChI=1S/C19H15N5O3/c1-26-15-10-13-14(11-16(15)27-2)23(9-8-20)19(25)24-18(13)21-17(22-24)12-6-4-3-5-7-12/h3-7,10-11H,9H2,1-2H3. The Kier molecular flexibility index (Phi) is 3.97. The lowest BCUT2D eigenvalue weighted by atomic mass is 10.2. The molecule has 2 aromatic carbocycles. The first-order chi connectivity index (χ1) is 13.2. The summed E-state index contributed by atoms with van der Waals surface area (Å²) in [5.74, 6) is 1.39. The van der Waals surface area contributed by atoms with Gasteiger partial charge in [-0.3, -0.25) is 4.57 Å². The predicted octanol–water partition coefficient (Wildman–Crippen LogP) is 2.25. The van der Waals surface area contributed by atoms with Crippen molar-refractivity contribution in [1.29, 1.82) is 5.26 Å². The fourth-order valence-corrected chi connectivity index (χ4v) is 3.04. The van der Waals surface area contributed by atoms with Crippen LogP contribution in [0, 0.1) is 11.3 Å². The molecule has 0 aliphatic heterocycles. The second-order valence-corrected chi connectivity index (χ2v) is 5.79. The first kappa shape index (κ1) is 16.6. The summed E-state index contributed by atoms with van der Waals surface area (Å²) in [5, 5.41) is 14.2. The van der Waals surface area contributed by atoms with Gasteiger partial charge in [0.2, 0.25) is 0 Å². The first-order valence-corrected chi connectivity index (χ1v) is 8.15. The minimum atomic E-state index is -0.444. The van der Waals surface area contributed by atoms with Gasteiger partial charge in [0.15, 0.2) is 23.0 Å². The molecule has 0 amide bonds. The maximum Gasteiger partial charge on any atom is 0.352 e. The van der Waals surface area contributed by atoms with Gasteiger partial charge in [-0.1, -0.05) is 30.3 Å². The number of nitriles is 1. The van der Waals surface area contributed by atoms with Crippen molar-refractivity contribution in [2.24, 2.45) is 0 Å². The summed E-state index contributed by atoms with van der Waals surface area (Å²) in [6.45, 7) is -0.124. The van der Waals surface area contributed by atoms with Gasteiger partial charge >= 0.3 is 5.69 Å². The third-order valence-electron chi connectivity index (χ3n) is 4.31. The lowest BCUT2D eigenvalue weighted by Gasteiger charge is -2.12. The molecule has 0 saturated carbocycles. The fourth-order valence-electron chi connectivity index (χ4n) is 3.04. The van der Waals surface area contributed by atoms with Crippen molar-refractivity contribution in [1.82, 2.24) is 19.2 Å². The van der Waals surface area contributed by atoms with E-state index in [1.165, 1.54) is 23.3 Å². The van der Waals surface area contributed by atoms with Crippen LogP contribution in [0.15, 0.2) is 47.3 Å². The lowest BCUT2D eigenvalue weighted by Crippen LogP contribution is -2.27. The zero-order valence-electron chi connectivity index (χ0n) is 14.7. The number of aromatic nitrogens is 4. The van der Waals surface area contributed by atoms with Gasteiger partial charge in [-0.05, 0) is 6.07 Å². The summed E-state index contributed by atoms with van der Waals surface area (Å²) >= 11 is 0. The van der Waals surface area contributed by atoms with Gasteiger partial charge in [0, 0.05) is 17.0 Å². The lowest BCUT2D eigenvalue weighted by molar-refractivity contribution is 0.355. The second-order valence-electron chi connectivity index (χ2n) is 5.79. The minimum Gasteiger partial charge on any atom is -0.493 e. The van der Waals surface area contributed by atoms with Gasteiger partial charge in [-0.15, -0.1) is 5.10 Å². The molecule has 27 heavy (non-hydrogen) atoms. The predicted molar refractivity (Wildman–Crippen MR) is 98.9 cm³/mol. The summed E-state index contributed by atoms with van der Waals surface area (Å²) in [4.78, 5) is 17.5. The van der Waals surface area contributed by atoms with Crippen molar-refractivity contribution in [3.8, 4) is 29.0 Å². The summed E-state index contributed by atoms with van der Waals surface area (Å²) in [7, 11) is 3.05. The fraction of sp³-hybridized carbons (Fsp3) is 0.158. The third kappa shape index (κ3) is 2.57. The molecule has 0 N–H and O–H groups in total. The number of benzene rings is 2. The molecule has 0 radical (unpaired) electrons. The van der Waals surface area contributed by atoms with Crippen molar-refractivity contribution in [3.63, 3.8) is 0 Å². The molecule has 0 unspecified atom stereocenters. The van der Waals surface area contributed by atoms with Crippen LogP contribution in [-0.4, -0.2) is 33.4 Å². The summed E-state index contributed by atoms with van der Waals surface area (Å²) < 4.78 is 13.3. The third-order valence-corrected chi connectivity index (χ3v) is 4.31. The molecule has 0 atom stereocenters. The van der Waals surface area contributed by atoms with E-state index in [0.717, 1.165) is 5.56 Å². The maximum atomic E-state index is 12.9. The van der Waals surface area contributed by atoms with E-state index < -0.39 is 5.69 Å². The number of fused-ring (bicyclic) bond motifs is 3. The molecule has 8 nitrogen and oxygen atoms in total. The molecule has 0 bridgehead atoms. The van der Waals surface area contributed by atoms with E-state index in [-0.39, 0.29) is 6.54 Å². The summed E-state index contributed by atoms with van der Waals surface area (Å²) in [6, 6.07) is 14.8. The number of hydrogen-bond donors (Lipinski definition) is 0. The molecule has 4 aromatic rings. The number of ether oxygens (including phenoxy) is 2. The highest BCUT2D eigenvalue weighted by Gasteiger charge is 2.18. The smallest absolute Gasteiger partial charge is 0.352 e. The van der Waals surface area contributed by atoms with Crippen LogP contribution < -0.4 is 15.2 Å². The maximum absolute atomic E-state index is 12.9. The highest BCUT2D eigenvalue weighted by Crippen LogP contribution is 2.33. The molecular weight excluding hydrogens is 346 g/mol. The van der Waals surface area contributed by atoms with Gasteiger partial charge in [-0.2, -0.15) is 9.78 Å². The molecule has 0 saturated heterocycles. The SMILES string of the molecule is COc1cc2c(cc1OC)n(CC#N)c(=O)n1nc(-c3ccccc3)nc21. The van der Waals surface area contributed by atoms with E-state index in [2.05, 4.69) is 10.1 Å². The molecule has 0 spiro atoms. The number of nitrogens with zero attached hydrogens (tertiary/aromatic N) is 5. The van der Waals surface area contributed by atoms with Crippen LogP contribution in [0.25, 0.3) is 27.9 Å². The highest BCUT2D eigenvalue weighted by atomic mass is 16.5. The van der Waals surface area contributed by atoms with Crippen LogP contribution in [0.2, 0.25) is 0 Å². The van der Waals surface area contributed by atoms with Gasteiger partial charge in [-0.25, -0.2) is 9.78 Å². The average Bonchev–Trinajstić information content (AvgIpc) is 3.16. The van der Waals surface area contributed by atoms with E-state index in [4.69, 9.17) is 9.47 Å². The van der Waals surface area contributed by atoms with Gasteiger partial charge in [0.1, 0.15) is 6.54 Å². The summed E-state index contributed by atoms with van der Waals surface area (Å²) in [5.41, 5.74) is 1.27.